The van der Waals surface area contributed by atoms with Crippen molar-refractivity contribution in [3.05, 3.63) is 0 Å². The van der Waals surface area contributed by atoms with Crippen LogP contribution in [0.25, 0.3) is 0 Å². The zero-order valence-electron chi connectivity index (χ0n) is 7.53. The molecule has 1 atom stereocenters. The molecular formula is C8H14ClNO3. The Balaban J connectivity index is 0.000000310. The van der Waals surface area contributed by atoms with Crippen molar-refractivity contribution in [2.45, 2.75) is 38.0 Å². The topological polar surface area (TPSA) is 69.9 Å². The van der Waals surface area contributed by atoms with E-state index in [0.717, 1.165) is 38.3 Å². The number of carboxylic acid groups (broad SMARTS) is 1. The van der Waals surface area contributed by atoms with E-state index in [2.05, 4.69) is 5.16 Å². The Morgan fingerprint density at radius 2 is 2.15 bits per heavy atom. The Morgan fingerprint density at radius 1 is 1.62 bits per heavy atom. The second kappa shape index (κ2) is 6.71. The molecule has 1 aliphatic carbocycles. The molecule has 0 aliphatic heterocycles. The van der Waals surface area contributed by atoms with Crippen LogP contribution in [-0.4, -0.2) is 27.4 Å². The van der Waals surface area contributed by atoms with Gasteiger partial charge < -0.3 is 10.3 Å². The lowest BCUT2D eigenvalue weighted by molar-refractivity contribution is -0.134. The quantitative estimate of drug-likeness (QED) is 0.363. The molecule has 0 bridgehead atoms. The number of rotatable bonds is 0. The molecule has 76 valence electrons. The molecule has 0 radical (unpaired) electrons. The molecule has 0 spiro atoms. The summed E-state index contributed by atoms with van der Waals surface area (Å²) in [6.07, 6.45) is 4.10. The zero-order chi connectivity index (χ0) is 10.3. The summed E-state index contributed by atoms with van der Waals surface area (Å²) in [7, 11) is 0. The highest BCUT2D eigenvalue weighted by Crippen LogP contribution is 2.19. The largest absolute Gasteiger partial charge is 0.481 e. The highest BCUT2D eigenvalue weighted by Gasteiger charge is 2.17. The van der Waals surface area contributed by atoms with Crippen molar-refractivity contribution in [3.8, 4) is 0 Å². The number of carboxylic acids is 1. The van der Waals surface area contributed by atoms with Crippen molar-refractivity contribution >= 4 is 23.3 Å². The van der Waals surface area contributed by atoms with E-state index in [1.54, 1.807) is 0 Å². The monoisotopic (exact) mass is 207 g/mol. The lowest BCUT2D eigenvalue weighted by Gasteiger charge is -2.15. The molecule has 2 N–H and O–H groups in total. The van der Waals surface area contributed by atoms with E-state index in [0.29, 0.717) is 0 Å². The first-order valence-corrected chi connectivity index (χ1v) is 4.56. The van der Waals surface area contributed by atoms with Gasteiger partial charge in [0, 0.05) is 6.92 Å². The first-order chi connectivity index (χ1) is 6.07. The van der Waals surface area contributed by atoms with E-state index < -0.39 is 5.97 Å². The van der Waals surface area contributed by atoms with Gasteiger partial charge in [0.2, 0.25) is 0 Å². The van der Waals surface area contributed by atoms with Gasteiger partial charge in [0.25, 0.3) is 5.97 Å². The smallest absolute Gasteiger partial charge is 0.300 e. The molecule has 0 amide bonds. The Hall–Kier alpha value is -0.770. The number of halogens is 1. The summed E-state index contributed by atoms with van der Waals surface area (Å²) in [5.41, 5.74) is 0.753. The van der Waals surface area contributed by atoms with Crippen LogP contribution in [0.3, 0.4) is 0 Å². The average molecular weight is 208 g/mol. The number of aliphatic carboxylic acids is 1. The van der Waals surface area contributed by atoms with Crippen LogP contribution in [0.1, 0.15) is 32.6 Å². The van der Waals surface area contributed by atoms with Crippen molar-refractivity contribution in [1.82, 2.24) is 0 Å². The van der Waals surface area contributed by atoms with E-state index in [1.165, 1.54) is 0 Å². The van der Waals surface area contributed by atoms with Crippen LogP contribution >= 0.6 is 11.6 Å². The first-order valence-electron chi connectivity index (χ1n) is 4.12. The third kappa shape index (κ3) is 6.40. The Kier molecular flexibility index (Phi) is 6.32. The molecule has 0 aromatic heterocycles. The average Bonchev–Trinajstić information content (AvgIpc) is 2.04. The van der Waals surface area contributed by atoms with Gasteiger partial charge in [0.05, 0.1) is 11.1 Å². The summed E-state index contributed by atoms with van der Waals surface area (Å²) < 4.78 is 0. The number of nitrogens with zero attached hydrogens (tertiary/aromatic N) is 1. The second-order valence-corrected chi connectivity index (χ2v) is 3.35. The highest BCUT2D eigenvalue weighted by molar-refractivity contribution is 6.32. The Labute approximate surface area is 82.2 Å². The van der Waals surface area contributed by atoms with Crippen LogP contribution in [0.15, 0.2) is 5.16 Å². The van der Waals surface area contributed by atoms with Gasteiger partial charge in [0.1, 0.15) is 0 Å². The zero-order valence-corrected chi connectivity index (χ0v) is 8.29. The lowest BCUT2D eigenvalue weighted by atomic mass is 9.98. The first kappa shape index (κ1) is 12.2. The van der Waals surface area contributed by atoms with E-state index >= 15 is 0 Å². The number of oxime groups is 1. The van der Waals surface area contributed by atoms with Crippen LogP contribution in [0, 0.1) is 0 Å². The third-order valence-electron chi connectivity index (χ3n) is 1.63. The van der Waals surface area contributed by atoms with Gasteiger partial charge >= 0.3 is 0 Å². The van der Waals surface area contributed by atoms with E-state index in [4.69, 9.17) is 26.7 Å². The molecule has 0 aromatic rings. The van der Waals surface area contributed by atoms with Gasteiger partial charge in [-0.15, -0.1) is 11.6 Å². The number of hydrogen-bond donors (Lipinski definition) is 2. The second-order valence-electron chi connectivity index (χ2n) is 2.82. The molecule has 0 heterocycles. The minimum atomic E-state index is -0.833. The van der Waals surface area contributed by atoms with Gasteiger partial charge in [0.15, 0.2) is 0 Å². The van der Waals surface area contributed by atoms with E-state index in [9.17, 15) is 0 Å². The molecule has 5 heteroatoms. The number of alkyl halides is 1. The SMILES string of the molecule is CC(=O)O.O/N=C1/CCCCC1Cl. The van der Waals surface area contributed by atoms with Crippen molar-refractivity contribution in [3.63, 3.8) is 0 Å². The molecule has 0 aromatic carbocycles. The van der Waals surface area contributed by atoms with Crippen LogP contribution in [-0.2, 0) is 4.79 Å². The number of hydrogen-bond acceptors (Lipinski definition) is 3. The standard InChI is InChI=1S/C6H10ClNO.C2H4O2/c7-5-3-1-2-4-6(5)8-9;1-2(3)4/h5,9H,1-4H2;1H3,(H,3,4)/b8-6-;. The van der Waals surface area contributed by atoms with Gasteiger partial charge in [-0.3, -0.25) is 4.79 Å². The summed E-state index contributed by atoms with van der Waals surface area (Å²) >= 11 is 5.79. The molecule has 1 aliphatic rings. The van der Waals surface area contributed by atoms with E-state index in [1.807, 2.05) is 0 Å². The fraction of sp³-hybridized carbons (Fsp3) is 0.750. The molecule has 1 fully saturated rings. The molecule has 13 heavy (non-hydrogen) atoms. The third-order valence-corrected chi connectivity index (χ3v) is 2.10. The Morgan fingerprint density at radius 3 is 2.46 bits per heavy atom. The normalized spacial score (nSPS) is 24.8. The van der Waals surface area contributed by atoms with Crippen LogP contribution in [0.5, 0.6) is 0 Å². The molecular weight excluding hydrogens is 194 g/mol. The maximum Gasteiger partial charge on any atom is 0.300 e. The summed E-state index contributed by atoms with van der Waals surface area (Å²) in [6, 6.07) is 0. The maximum absolute atomic E-state index is 9.00. The lowest BCUT2D eigenvalue weighted by Crippen LogP contribution is -2.18. The molecule has 1 saturated carbocycles. The molecule has 1 rings (SSSR count). The van der Waals surface area contributed by atoms with Gasteiger partial charge in [-0.05, 0) is 19.3 Å². The molecule has 1 unspecified atom stereocenters. The summed E-state index contributed by atoms with van der Waals surface area (Å²) in [4.78, 5) is 9.00. The summed E-state index contributed by atoms with van der Waals surface area (Å²) in [5.74, 6) is -0.833. The minimum Gasteiger partial charge on any atom is -0.481 e. The number of carbonyl (C=O) groups is 1. The highest BCUT2D eigenvalue weighted by atomic mass is 35.5. The van der Waals surface area contributed by atoms with Crippen molar-refractivity contribution in [2.24, 2.45) is 5.16 Å². The summed E-state index contributed by atoms with van der Waals surface area (Å²) in [6.45, 7) is 1.08. The fourth-order valence-electron chi connectivity index (χ4n) is 1.07. The van der Waals surface area contributed by atoms with Gasteiger partial charge in [-0.25, -0.2) is 0 Å². The predicted octanol–water partition coefficient (Wildman–Crippen LogP) is 2.09. The fourth-order valence-corrected chi connectivity index (χ4v) is 1.37. The minimum absolute atomic E-state index is 0.0104. The summed E-state index contributed by atoms with van der Waals surface area (Å²) in [5, 5.41) is 18.9. The Bertz CT molecular complexity index is 190. The van der Waals surface area contributed by atoms with Gasteiger partial charge in [-0.1, -0.05) is 11.6 Å². The predicted molar refractivity (Wildman–Crippen MR) is 50.6 cm³/mol. The van der Waals surface area contributed by atoms with E-state index in [-0.39, 0.29) is 5.38 Å². The van der Waals surface area contributed by atoms with Crippen molar-refractivity contribution < 1.29 is 15.1 Å². The van der Waals surface area contributed by atoms with Crippen molar-refractivity contribution in [1.29, 1.82) is 0 Å². The van der Waals surface area contributed by atoms with Crippen LogP contribution in [0.4, 0.5) is 0 Å². The van der Waals surface area contributed by atoms with Crippen molar-refractivity contribution in [2.75, 3.05) is 0 Å². The maximum atomic E-state index is 9.00. The van der Waals surface area contributed by atoms with Crippen LogP contribution < -0.4 is 0 Å². The molecule has 4 nitrogen and oxygen atoms in total. The van der Waals surface area contributed by atoms with Gasteiger partial charge in [-0.2, -0.15) is 0 Å². The van der Waals surface area contributed by atoms with Crippen LogP contribution in [0.2, 0.25) is 0 Å². The molecule has 0 saturated heterocycles.